The number of halogens is 1. The summed E-state index contributed by atoms with van der Waals surface area (Å²) < 4.78 is 17.5. The maximum absolute atomic E-state index is 13.5. The molecule has 0 amide bonds. The van der Waals surface area contributed by atoms with Crippen molar-refractivity contribution in [3.8, 4) is 5.69 Å². The average molecular weight is 429 g/mol. The number of aromatic nitrogens is 6. The minimum Gasteiger partial charge on any atom is -0.304 e. The fourth-order valence-corrected chi connectivity index (χ4v) is 4.38. The molecule has 1 atom stereocenters. The molecule has 1 aromatic carbocycles. The summed E-state index contributed by atoms with van der Waals surface area (Å²) in [4.78, 5) is 13.8. The minimum absolute atomic E-state index is 0.0728. The van der Waals surface area contributed by atoms with Gasteiger partial charge >= 0.3 is 0 Å². The van der Waals surface area contributed by atoms with Crippen molar-refractivity contribution in [3.05, 3.63) is 88.8 Å². The van der Waals surface area contributed by atoms with Gasteiger partial charge in [-0.25, -0.2) is 19.0 Å². The summed E-state index contributed by atoms with van der Waals surface area (Å²) in [7, 11) is 0. The van der Waals surface area contributed by atoms with Crippen LogP contribution in [0.3, 0.4) is 0 Å². The molecule has 0 saturated carbocycles. The fourth-order valence-electron chi connectivity index (χ4n) is 4.38. The van der Waals surface area contributed by atoms with E-state index < -0.39 is 6.67 Å². The van der Waals surface area contributed by atoms with Crippen molar-refractivity contribution in [2.24, 2.45) is 0 Å². The Morgan fingerprint density at radius 2 is 1.97 bits per heavy atom. The van der Waals surface area contributed by atoms with Crippen molar-refractivity contribution in [2.45, 2.75) is 45.8 Å². The Balaban J connectivity index is 1.40. The molecule has 0 aliphatic carbocycles. The first kappa shape index (κ1) is 20.3. The van der Waals surface area contributed by atoms with Crippen LogP contribution in [-0.4, -0.2) is 29.3 Å². The zero-order valence-corrected chi connectivity index (χ0v) is 18.2. The normalized spacial score (nSPS) is 15.9. The van der Waals surface area contributed by atoms with Crippen LogP contribution in [-0.2, 0) is 13.2 Å². The molecule has 1 aliphatic heterocycles. The molecule has 5 rings (SSSR count). The standard InChI is InChI=1S/C25H25FN6/c1-17-15-31(16-27-17)23-11-9-20(28-18(23)2)10-12-24-29-25-22(8-5-13-32(25)30-24)21-7-4-3-6-19(21)14-26/h3-4,6-7,9-12,15-16,22H,5,8,13-14H2,1-2H3/b12-10+/t22-/m1/s1. The Morgan fingerprint density at radius 3 is 2.75 bits per heavy atom. The predicted molar refractivity (Wildman–Crippen MR) is 122 cm³/mol. The number of fused-ring (bicyclic) bond motifs is 1. The second kappa shape index (κ2) is 8.49. The van der Waals surface area contributed by atoms with E-state index in [1.165, 1.54) is 0 Å². The van der Waals surface area contributed by atoms with Crippen molar-refractivity contribution in [1.29, 1.82) is 0 Å². The number of alkyl halides is 1. The second-order valence-electron chi connectivity index (χ2n) is 8.17. The molecule has 3 aromatic heterocycles. The highest BCUT2D eigenvalue weighted by Gasteiger charge is 2.26. The molecule has 1 aliphatic rings. The largest absolute Gasteiger partial charge is 0.304 e. The topological polar surface area (TPSA) is 61.4 Å². The van der Waals surface area contributed by atoms with Crippen LogP contribution in [0.2, 0.25) is 0 Å². The van der Waals surface area contributed by atoms with Gasteiger partial charge < -0.3 is 4.57 Å². The van der Waals surface area contributed by atoms with Crippen LogP contribution in [0.4, 0.5) is 4.39 Å². The quantitative estimate of drug-likeness (QED) is 0.447. The van der Waals surface area contributed by atoms with E-state index in [0.29, 0.717) is 5.82 Å². The first-order chi connectivity index (χ1) is 15.6. The third-order valence-corrected chi connectivity index (χ3v) is 5.94. The highest BCUT2D eigenvalue weighted by molar-refractivity contribution is 5.65. The van der Waals surface area contributed by atoms with E-state index in [0.717, 1.165) is 59.1 Å². The van der Waals surface area contributed by atoms with Gasteiger partial charge in [0.15, 0.2) is 5.82 Å². The third-order valence-electron chi connectivity index (χ3n) is 5.94. The summed E-state index contributed by atoms with van der Waals surface area (Å²) in [5.74, 6) is 1.63. The van der Waals surface area contributed by atoms with E-state index in [1.54, 1.807) is 6.33 Å². The zero-order chi connectivity index (χ0) is 22.1. The monoisotopic (exact) mass is 428 g/mol. The van der Waals surface area contributed by atoms with Crippen LogP contribution in [0.15, 0.2) is 48.9 Å². The van der Waals surface area contributed by atoms with Crippen LogP contribution in [0.5, 0.6) is 0 Å². The molecule has 162 valence electrons. The predicted octanol–water partition coefficient (Wildman–Crippen LogP) is 5.04. The molecule has 7 heteroatoms. The van der Waals surface area contributed by atoms with Gasteiger partial charge in [-0.15, -0.1) is 0 Å². The Kier molecular flexibility index (Phi) is 5.39. The third kappa shape index (κ3) is 3.86. The van der Waals surface area contributed by atoms with E-state index in [4.69, 9.17) is 9.97 Å². The van der Waals surface area contributed by atoms with E-state index in [1.807, 2.05) is 77.8 Å². The van der Waals surface area contributed by atoms with Crippen LogP contribution in [0, 0.1) is 13.8 Å². The summed E-state index contributed by atoms with van der Waals surface area (Å²) >= 11 is 0. The lowest BCUT2D eigenvalue weighted by molar-refractivity contribution is 0.436. The number of nitrogens with zero attached hydrogens (tertiary/aromatic N) is 6. The average Bonchev–Trinajstić information content (AvgIpc) is 3.43. The molecule has 32 heavy (non-hydrogen) atoms. The molecular weight excluding hydrogens is 403 g/mol. The van der Waals surface area contributed by atoms with Crippen molar-refractivity contribution in [1.82, 2.24) is 29.3 Å². The number of imidazole rings is 1. The summed E-state index contributed by atoms with van der Waals surface area (Å²) in [6.07, 6.45) is 9.56. The molecule has 0 bridgehead atoms. The van der Waals surface area contributed by atoms with Crippen molar-refractivity contribution >= 4 is 12.2 Å². The Morgan fingerprint density at radius 1 is 1.09 bits per heavy atom. The smallest absolute Gasteiger partial charge is 0.174 e. The highest BCUT2D eigenvalue weighted by Crippen LogP contribution is 2.34. The summed E-state index contributed by atoms with van der Waals surface area (Å²) in [5, 5.41) is 4.67. The fraction of sp³-hybridized carbons (Fsp3) is 0.280. The molecule has 0 radical (unpaired) electrons. The first-order valence-corrected chi connectivity index (χ1v) is 10.9. The molecule has 6 nitrogen and oxygen atoms in total. The minimum atomic E-state index is -0.465. The van der Waals surface area contributed by atoms with Crippen LogP contribution < -0.4 is 0 Å². The molecule has 0 unspecified atom stereocenters. The van der Waals surface area contributed by atoms with Gasteiger partial charge in [0.05, 0.1) is 29.1 Å². The van der Waals surface area contributed by atoms with Gasteiger partial charge in [0.2, 0.25) is 0 Å². The maximum Gasteiger partial charge on any atom is 0.174 e. The van der Waals surface area contributed by atoms with Crippen LogP contribution in [0.1, 0.15) is 58.6 Å². The van der Waals surface area contributed by atoms with Crippen molar-refractivity contribution in [2.75, 3.05) is 0 Å². The molecule has 0 spiro atoms. The summed E-state index contributed by atoms with van der Waals surface area (Å²) in [6, 6.07) is 11.7. The number of rotatable bonds is 5. The van der Waals surface area contributed by atoms with Gasteiger partial charge in [-0.05, 0) is 62.1 Å². The van der Waals surface area contributed by atoms with E-state index in [-0.39, 0.29) is 5.92 Å². The number of hydrogen-bond acceptors (Lipinski definition) is 4. The van der Waals surface area contributed by atoms with E-state index in [9.17, 15) is 4.39 Å². The van der Waals surface area contributed by atoms with E-state index in [2.05, 4.69) is 10.1 Å². The lowest BCUT2D eigenvalue weighted by Gasteiger charge is -2.23. The molecule has 0 fully saturated rings. The lowest BCUT2D eigenvalue weighted by atomic mass is 9.88. The number of pyridine rings is 1. The van der Waals surface area contributed by atoms with Gasteiger partial charge in [0.1, 0.15) is 12.5 Å². The van der Waals surface area contributed by atoms with Gasteiger partial charge in [0, 0.05) is 18.7 Å². The Hall–Kier alpha value is -3.61. The SMILES string of the molecule is Cc1cn(-c2ccc(/C=C/c3nc4n(n3)CCC[C@@H]4c3ccccc3CF)nc2C)cn1. The van der Waals surface area contributed by atoms with Gasteiger partial charge in [-0.1, -0.05) is 24.3 Å². The summed E-state index contributed by atoms with van der Waals surface area (Å²) in [5.41, 5.74) is 5.49. The Bertz CT molecular complexity index is 1290. The van der Waals surface area contributed by atoms with Gasteiger partial charge in [0.25, 0.3) is 0 Å². The van der Waals surface area contributed by atoms with E-state index >= 15 is 0 Å². The van der Waals surface area contributed by atoms with Crippen molar-refractivity contribution < 1.29 is 4.39 Å². The molecule has 0 N–H and O–H groups in total. The molecular formula is C25H25FN6. The highest BCUT2D eigenvalue weighted by atomic mass is 19.1. The maximum atomic E-state index is 13.5. The number of aryl methyl sites for hydroxylation is 3. The van der Waals surface area contributed by atoms with Gasteiger partial charge in [-0.2, -0.15) is 5.10 Å². The lowest BCUT2D eigenvalue weighted by Crippen LogP contribution is -2.18. The molecule has 4 aromatic rings. The number of benzene rings is 1. The van der Waals surface area contributed by atoms with Crippen LogP contribution >= 0.6 is 0 Å². The van der Waals surface area contributed by atoms with Gasteiger partial charge in [-0.3, -0.25) is 4.98 Å². The first-order valence-electron chi connectivity index (χ1n) is 10.9. The molecule has 4 heterocycles. The zero-order valence-electron chi connectivity index (χ0n) is 18.2. The van der Waals surface area contributed by atoms with Crippen molar-refractivity contribution in [3.63, 3.8) is 0 Å². The summed E-state index contributed by atoms with van der Waals surface area (Å²) in [6.45, 7) is 4.32. The molecule has 0 saturated heterocycles. The Labute approximate surface area is 186 Å². The number of hydrogen-bond donors (Lipinski definition) is 0. The second-order valence-corrected chi connectivity index (χ2v) is 8.17. The van der Waals surface area contributed by atoms with Crippen LogP contribution in [0.25, 0.3) is 17.8 Å².